The number of ether oxygens (including phenoxy) is 1. The molecule has 2 aromatic rings. The Morgan fingerprint density at radius 2 is 1.75 bits per heavy atom. The van der Waals surface area contributed by atoms with Crippen molar-refractivity contribution in [3.8, 4) is 0 Å². The van der Waals surface area contributed by atoms with Gasteiger partial charge in [0.25, 0.3) is 5.91 Å². The fraction of sp³-hybridized carbons (Fsp3) is 0.238. The molecule has 0 saturated carbocycles. The molecule has 1 amide bonds. The first-order valence-corrected chi connectivity index (χ1v) is 9.66. The zero-order valence-electron chi connectivity index (χ0n) is 15.2. The van der Waals surface area contributed by atoms with E-state index in [2.05, 4.69) is 4.90 Å². The molecule has 0 aliphatic carbocycles. The average molecular weight is 419 g/mol. The molecule has 3 rings (SSSR count). The summed E-state index contributed by atoms with van der Waals surface area (Å²) in [6, 6.07) is 14.8. The predicted molar refractivity (Wildman–Crippen MR) is 112 cm³/mol. The summed E-state index contributed by atoms with van der Waals surface area (Å²) in [5.41, 5.74) is 1.75. The van der Waals surface area contributed by atoms with Crippen molar-refractivity contribution in [2.75, 3.05) is 37.7 Å². The van der Waals surface area contributed by atoms with E-state index in [0.717, 1.165) is 5.69 Å². The van der Waals surface area contributed by atoms with Crippen LogP contribution in [0.1, 0.15) is 5.56 Å². The summed E-state index contributed by atoms with van der Waals surface area (Å²) in [4.78, 5) is 28.0. The molecule has 0 spiro atoms. The molecule has 1 aliphatic rings. The van der Waals surface area contributed by atoms with Crippen LogP contribution in [-0.4, -0.2) is 49.6 Å². The van der Waals surface area contributed by atoms with Gasteiger partial charge in [-0.15, -0.1) is 0 Å². The molecule has 5 nitrogen and oxygen atoms in total. The van der Waals surface area contributed by atoms with Crippen LogP contribution in [0.15, 0.2) is 54.6 Å². The summed E-state index contributed by atoms with van der Waals surface area (Å²) in [6.07, 6.45) is 2.84. The van der Waals surface area contributed by atoms with Gasteiger partial charge in [-0.05, 0) is 35.9 Å². The molecule has 0 aromatic heterocycles. The normalized spacial score (nSPS) is 14.4. The zero-order chi connectivity index (χ0) is 19.9. The number of nitrogens with zero attached hydrogens (tertiary/aromatic N) is 2. The van der Waals surface area contributed by atoms with Crippen molar-refractivity contribution in [2.24, 2.45) is 0 Å². The Morgan fingerprint density at radius 1 is 1.00 bits per heavy atom. The largest absolute Gasteiger partial charge is 0.452 e. The molecule has 0 radical (unpaired) electrons. The molecule has 7 heteroatoms. The molecular formula is C21H20Cl2N2O3. The van der Waals surface area contributed by atoms with Gasteiger partial charge >= 0.3 is 5.97 Å². The first-order valence-electron chi connectivity index (χ1n) is 8.90. The third-order valence-electron chi connectivity index (χ3n) is 4.45. The SMILES string of the molecule is O=C(/C=C/c1ccccc1Cl)OCC(=O)N1CCN(c2cccc(Cl)c2)CC1. The van der Waals surface area contributed by atoms with Gasteiger partial charge in [0.1, 0.15) is 0 Å². The number of esters is 1. The van der Waals surface area contributed by atoms with E-state index in [0.29, 0.717) is 41.8 Å². The van der Waals surface area contributed by atoms with Crippen molar-refractivity contribution >= 4 is 46.8 Å². The fourth-order valence-corrected chi connectivity index (χ4v) is 3.31. The van der Waals surface area contributed by atoms with Crippen molar-refractivity contribution in [3.05, 3.63) is 70.2 Å². The molecule has 1 fully saturated rings. The van der Waals surface area contributed by atoms with Crippen LogP contribution in [0.4, 0.5) is 5.69 Å². The van der Waals surface area contributed by atoms with Crippen LogP contribution in [0.2, 0.25) is 10.0 Å². The summed E-state index contributed by atoms with van der Waals surface area (Å²) in [5, 5.41) is 1.23. The Morgan fingerprint density at radius 3 is 2.46 bits per heavy atom. The number of rotatable bonds is 5. The first-order chi connectivity index (χ1) is 13.5. The fourth-order valence-electron chi connectivity index (χ4n) is 2.93. The minimum atomic E-state index is -0.578. The van der Waals surface area contributed by atoms with E-state index in [-0.39, 0.29) is 12.5 Å². The summed E-state index contributed by atoms with van der Waals surface area (Å²) < 4.78 is 5.05. The summed E-state index contributed by atoms with van der Waals surface area (Å²) in [5.74, 6) is -0.781. The van der Waals surface area contributed by atoms with Crippen LogP contribution in [0.5, 0.6) is 0 Å². The van der Waals surface area contributed by atoms with Crippen LogP contribution in [-0.2, 0) is 14.3 Å². The van der Waals surface area contributed by atoms with Gasteiger partial charge in [-0.1, -0.05) is 47.5 Å². The van der Waals surface area contributed by atoms with Crippen LogP contribution >= 0.6 is 23.2 Å². The maximum Gasteiger partial charge on any atom is 0.331 e. The van der Waals surface area contributed by atoms with Crippen LogP contribution in [0, 0.1) is 0 Å². The van der Waals surface area contributed by atoms with Gasteiger partial charge in [0.15, 0.2) is 6.61 Å². The molecule has 1 aliphatic heterocycles. The molecule has 1 saturated heterocycles. The summed E-state index contributed by atoms with van der Waals surface area (Å²) in [7, 11) is 0. The highest BCUT2D eigenvalue weighted by Crippen LogP contribution is 2.21. The first kappa shape index (κ1) is 20.2. The highest BCUT2D eigenvalue weighted by molar-refractivity contribution is 6.32. The molecule has 0 atom stereocenters. The van der Waals surface area contributed by atoms with Gasteiger partial charge in [-0.25, -0.2) is 4.79 Å². The van der Waals surface area contributed by atoms with E-state index in [1.807, 2.05) is 36.4 Å². The van der Waals surface area contributed by atoms with Gasteiger partial charge in [-0.3, -0.25) is 4.79 Å². The smallest absolute Gasteiger partial charge is 0.331 e. The van der Waals surface area contributed by atoms with Crippen molar-refractivity contribution in [2.45, 2.75) is 0 Å². The summed E-state index contributed by atoms with van der Waals surface area (Å²) in [6.45, 7) is 2.26. The average Bonchev–Trinajstić information content (AvgIpc) is 2.71. The quantitative estimate of drug-likeness (QED) is 0.545. The van der Waals surface area contributed by atoms with E-state index in [4.69, 9.17) is 27.9 Å². The molecule has 0 bridgehead atoms. The number of benzene rings is 2. The minimum absolute atomic E-state index is 0.203. The number of anilines is 1. The standard InChI is InChI=1S/C21H20Cl2N2O3/c22-17-5-3-6-18(14-17)24-10-12-25(13-11-24)20(26)15-28-21(27)9-8-16-4-1-2-7-19(16)23/h1-9,14H,10-13,15H2/b9-8+. The van der Waals surface area contributed by atoms with Gasteiger partial charge in [-0.2, -0.15) is 0 Å². The highest BCUT2D eigenvalue weighted by Gasteiger charge is 2.22. The van der Waals surface area contributed by atoms with E-state index in [1.54, 1.807) is 23.1 Å². The maximum atomic E-state index is 12.3. The Hall–Kier alpha value is -2.50. The van der Waals surface area contributed by atoms with E-state index in [1.165, 1.54) is 6.08 Å². The van der Waals surface area contributed by atoms with Gasteiger partial charge in [0, 0.05) is 48.0 Å². The van der Waals surface area contributed by atoms with Crippen molar-refractivity contribution in [1.29, 1.82) is 0 Å². The van der Waals surface area contributed by atoms with Crippen LogP contribution in [0.25, 0.3) is 6.08 Å². The molecule has 0 unspecified atom stereocenters. The van der Waals surface area contributed by atoms with Gasteiger partial charge in [0.2, 0.25) is 0 Å². The lowest BCUT2D eigenvalue weighted by Gasteiger charge is -2.36. The zero-order valence-corrected chi connectivity index (χ0v) is 16.7. The van der Waals surface area contributed by atoms with Crippen molar-refractivity contribution in [1.82, 2.24) is 4.90 Å². The highest BCUT2D eigenvalue weighted by atomic mass is 35.5. The van der Waals surface area contributed by atoms with Gasteiger partial charge in [0.05, 0.1) is 0 Å². The lowest BCUT2D eigenvalue weighted by Crippen LogP contribution is -2.49. The van der Waals surface area contributed by atoms with Gasteiger partial charge < -0.3 is 14.5 Å². The number of carbonyl (C=O) groups excluding carboxylic acids is 2. The van der Waals surface area contributed by atoms with Crippen molar-refractivity contribution in [3.63, 3.8) is 0 Å². The number of carbonyl (C=O) groups is 2. The Kier molecular flexibility index (Phi) is 6.95. The van der Waals surface area contributed by atoms with Crippen molar-refractivity contribution < 1.29 is 14.3 Å². The van der Waals surface area contributed by atoms with E-state index in [9.17, 15) is 9.59 Å². The predicted octanol–water partition coefficient (Wildman–Crippen LogP) is 3.90. The van der Waals surface area contributed by atoms with E-state index < -0.39 is 5.97 Å². The number of hydrogen-bond acceptors (Lipinski definition) is 4. The monoisotopic (exact) mass is 418 g/mol. The number of amides is 1. The minimum Gasteiger partial charge on any atom is -0.452 e. The third-order valence-corrected chi connectivity index (χ3v) is 5.03. The number of piperazine rings is 1. The molecular weight excluding hydrogens is 399 g/mol. The molecule has 28 heavy (non-hydrogen) atoms. The molecule has 2 aromatic carbocycles. The topological polar surface area (TPSA) is 49.9 Å². The van der Waals surface area contributed by atoms with Crippen LogP contribution < -0.4 is 4.90 Å². The second kappa shape index (κ2) is 9.62. The molecule has 0 N–H and O–H groups in total. The van der Waals surface area contributed by atoms with E-state index >= 15 is 0 Å². The lowest BCUT2D eigenvalue weighted by atomic mass is 10.2. The molecule has 146 valence electrons. The molecule has 1 heterocycles. The Balaban J connectivity index is 1.44. The van der Waals surface area contributed by atoms with Crippen LogP contribution in [0.3, 0.4) is 0 Å². The third kappa shape index (κ3) is 5.50. The number of hydrogen-bond donors (Lipinski definition) is 0. The second-order valence-electron chi connectivity index (χ2n) is 6.31. The number of halogens is 2. The Labute approximate surface area is 174 Å². The maximum absolute atomic E-state index is 12.3. The summed E-state index contributed by atoms with van der Waals surface area (Å²) >= 11 is 12.1. The lowest BCUT2D eigenvalue weighted by molar-refractivity contribution is -0.148. The Bertz CT molecular complexity index is 877. The second-order valence-corrected chi connectivity index (χ2v) is 7.15.